The molecule has 0 heterocycles. The molecule has 0 atom stereocenters. The van der Waals surface area contributed by atoms with Crippen LogP contribution in [0.2, 0.25) is 0 Å². The molecule has 29 heavy (non-hydrogen) atoms. The third kappa shape index (κ3) is 4.69. The van der Waals surface area contributed by atoms with Crippen molar-refractivity contribution in [2.45, 2.75) is 18.0 Å². The number of benzene rings is 3. The van der Waals surface area contributed by atoms with Gasteiger partial charge in [0, 0.05) is 13.1 Å². The Kier molecular flexibility index (Phi) is 6.07. The zero-order valence-corrected chi connectivity index (χ0v) is 16.2. The van der Waals surface area contributed by atoms with E-state index in [0.29, 0.717) is 11.1 Å². The molecule has 0 aliphatic rings. The van der Waals surface area contributed by atoms with Crippen molar-refractivity contribution >= 4 is 16.0 Å². The lowest BCUT2D eigenvalue weighted by molar-refractivity contribution is 0.0696. The summed E-state index contributed by atoms with van der Waals surface area (Å²) in [6.45, 7) is 0.130. The minimum atomic E-state index is -3.93. The number of carboxylic acids is 1. The van der Waals surface area contributed by atoms with Crippen LogP contribution < -0.4 is 0 Å². The second-order valence-electron chi connectivity index (χ2n) is 6.36. The maximum Gasteiger partial charge on any atom is 0.335 e. The van der Waals surface area contributed by atoms with Gasteiger partial charge in [-0.15, -0.1) is 0 Å². The molecule has 3 rings (SSSR count). The topological polar surface area (TPSA) is 98.5 Å². The second kappa shape index (κ2) is 8.69. The predicted molar refractivity (Wildman–Crippen MR) is 107 cm³/mol. The minimum absolute atomic E-state index is 0.00660. The van der Waals surface area contributed by atoms with E-state index in [-0.39, 0.29) is 23.5 Å². The van der Waals surface area contributed by atoms with Crippen LogP contribution in [0.5, 0.6) is 0 Å². The van der Waals surface area contributed by atoms with E-state index >= 15 is 0 Å². The van der Waals surface area contributed by atoms with E-state index in [9.17, 15) is 18.5 Å². The quantitative estimate of drug-likeness (QED) is 0.646. The summed E-state index contributed by atoms with van der Waals surface area (Å²) < 4.78 is 27.9. The van der Waals surface area contributed by atoms with E-state index in [1.54, 1.807) is 24.3 Å². The van der Waals surface area contributed by atoms with Gasteiger partial charge in [-0.2, -0.15) is 9.57 Å². The van der Waals surface area contributed by atoms with Crippen molar-refractivity contribution in [3.8, 4) is 6.07 Å². The fraction of sp³-hybridized carbons (Fsp3) is 0.0909. The van der Waals surface area contributed by atoms with E-state index < -0.39 is 16.0 Å². The summed E-state index contributed by atoms with van der Waals surface area (Å²) >= 11 is 0. The van der Waals surface area contributed by atoms with E-state index in [2.05, 4.69) is 6.07 Å². The van der Waals surface area contributed by atoms with Crippen LogP contribution in [0.25, 0.3) is 0 Å². The molecule has 0 radical (unpaired) electrons. The molecule has 1 N–H and O–H groups in total. The first-order valence-corrected chi connectivity index (χ1v) is 10.2. The Morgan fingerprint density at radius 1 is 0.897 bits per heavy atom. The van der Waals surface area contributed by atoms with Crippen LogP contribution in [0.15, 0.2) is 83.8 Å². The van der Waals surface area contributed by atoms with Gasteiger partial charge in [-0.3, -0.25) is 0 Å². The molecular weight excluding hydrogens is 388 g/mol. The molecule has 0 amide bonds. The SMILES string of the molecule is N#Cc1ccccc1CN(Cc1ccccc1)S(=O)(=O)c1ccc(C(=O)O)cc1. The van der Waals surface area contributed by atoms with Gasteiger partial charge in [0.15, 0.2) is 0 Å². The van der Waals surface area contributed by atoms with Crippen molar-refractivity contribution < 1.29 is 18.3 Å². The monoisotopic (exact) mass is 406 g/mol. The predicted octanol–water partition coefficient (Wildman–Crippen LogP) is 3.65. The van der Waals surface area contributed by atoms with Crippen LogP contribution in [0, 0.1) is 11.3 Å². The van der Waals surface area contributed by atoms with Crippen molar-refractivity contribution in [1.29, 1.82) is 5.26 Å². The molecule has 7 heteroatoms. The Bertz CT molecular complexity index is 1150. The Balaban J connectivity index is 2.01. The summed E-state index contributed by atoms with van der Waals surface area (Å²) in [5.41, 5.74) is 1.81. The number of nitriles is 1. The first-order chi connectivity index (χ1) is 13.9. The third-order valence-corrected chi connectivity index (χ3v) is 6.23. The number of carbonyl (C=O) groups is 1. The summed E-state index contributed by atoms with van der Waals surface area (Å²) in [7, 11) is -3.93. The number of sulfonamides is 1. The number of hydrogen-bond donors (Lipinski definition) is 1. The Labute approximate surface area is 169 Å². The minimum Gasteiger partial charge on any atom is -0.478 e. The summed E-state index contributed by atoms with van der Waals surface area (Å²) in [5, 5.41) is 18.4. The first-order valence-electron chi connectivity index (χ1n) is 8.77. The Hall–Kier alpha value is -3.47. The van der Waals surface area contributed by atoms with Crippen molar-refractivity contribution in [3.05, 3.63) is 101 Å². The number of carboxylic acid groups (broad SMARTS) is 1. The Morgan fingerprint density at radius 2 is 1.52 bits per heavy atom. The highest BCUT2D eigenvalue weighted by atomic mass is 32.2. The molecule has 0 aromatic heterocycles. The van der Waals surface area contributed by atoms with Crippen LogP contribution >= 0.6 is 0 Å². The maximum absolute atomic E-state index is 13.3. The number of aromatic carboxylic acids is 1. The molecule has 0 saturated heterocycles. The van der Waals surface area contributed by atoms with Gasteiger partial charge in [-0.1, -0.05) is 48.5 Å². The van der Waals surface area contributed by atoms with Gasteiger partial charge >= 0.3 is 5.97 Å². The molecule has 0 spiro atoms. The fourth-order valence-electron chi connectivity index (χ4n) is 2.89. The van der Waals surface area contributed by atoms with E-state index in [0.717, 1.165) is 5.56 Å². The van der Waals surface area contributed by atoms with Gasteiger partial charge in [-0.25, -0.2) is 13.2 Å². The standard InChI is InChI=1S/C22H18N2O4S/c23-14-19-8-4-5-9-20(19)16-24(15-17-6-2-1-3-7-17)29(27,28)21-12-10-18(11-13-21)22(25)26/h1-13H,15-16H2,(H,25,26). The Morgan fingerprint density at radius 3 is 2.14 bits per heavy atom. The lowest BCUT2D eigenvalue weighted by Crippen LogP contribution is -2.30. The smallest absolute Gasteiger partial charge is 0.335 e. The summed E-state index contributed by atoms with van der Waals surface area (Å²) in [4.78, 5) is 11.1. The van der Waals surface area contributed by atoms with Crippen molar-refractivity contribution in [1.82, 2.24) is 4.31 Å². The lowest BCUT2D eigenvalue weighted by Gasteiger charge is -2.23. The zero-order valence-electron chi connectivity index (χ0n) is 15.4. The van der Waals surface area contributed by atoms with Crippen molar-refractivity contribution in [2.75, 3.05) is 0 Å². The van der Waals surface area contributed by atoms with Crippen molar-refractivity contribution in [3.63, 3.8) is 0 Å². The molecule has 0 fully saturated rings. The molecule has 3 aromatic rings. The molecule has 0 saturated carbocycles. The number of nitrogens with zero attached hydrogens (tertiary/aromatic N) is 2. The number of rotatable bonds is 7. The molecule has 0 bridgehead atoms. The lowest BCUT2D eigenvalue weighted by atomic mass is 10.1. The summed E-state index contributed by atoms with van der Waals surface area (Å²) in [6.07, 6.45) is 0. The highest BCUT2D eigenvalue weighted by Crippen LogP contribution is 2.23. The molecule has 3 aromatic carbocycles. The number of hydrogen-bond acceptors (Lipinski definition) is 4. The normalized spacial score (nSPS) is 11.2. The van der Waals surface area contributed by atoms with Crippen LogP contribution in [0.1, 0.15) is 27.0 Å². The molecule has 0 unspecified atom stereocenters. The van der Waals surface area contributed by atoms with Gasteiger partial charge in [-0.05, 0) is 41.5 Å². The van der Waals surface area contributed by atoms with Gasteiger partial charge in [0.25, 0.3) is 0 Å². The van der Waals surface area contributed by atoms with E-state index in [1.165, 1.54) is 28.6 Å². The zero-order chi connectivity index (χ0) is 20.9. The maximum atomic E-state index is 13.3. The highest BCUT2D eigenvalue weighted by molar-refractivity contribution is 7.89. The van der Waals surface area contributed by atoms with Crippen LogP contribution in [0.3, 0.4) is 0 Å². The fourth-order valence-corrected chi connectivity index (χ4v) is 4.29. The van der Waals surface area contributed by atoms with Crippen LogP contribution in [0.4, 0.5) is 0 Å². The van der Waals surface area contributed by atoms with Crippen molar-refractivity contribution in [2.24, 2.45) is 0 Å². The van der Waals surface area contributed by atoms with Gasteiger partial charge in [0.2, 0.25) is 10.0 Å². The van der Waals surface area contributed by atoms with Crippen LogP contribution in [-0.2, 0) is 23.1 Å². The average Bonchev–Trinajstić information content (AvgIpc) is 2.74. The summed E-state index contributed by atoms with van der Waals surface area (Å²) in [6, 6.07) is 23.2. The first kappa shape index (κ1) is 20.3. The van der Waals surface area contributed by atoms with Crippen LogP contribution in [-0.4, -0.2) is 23.8 Å². The molecular formula is C22H18N2O4S. The van der Waals surface area contributed by atoms with E-state index in [1.807, 2.05) is 30.3 Å². The third-order valence-electron chi connectivity index (χ3n) is 4.43. The van der Waals surface area contributed by atoms with E-state index in [4.69, 9.17) is 5.11 Å². The van der Waals surface area contributed by atoms with Gasteiger partial charge in [0.05, 0.1) is 22.1 Å². The molecule has 146 valence electrons. The largest absolute Gasteiger partial charge is 0.478 e. The summed E-state index contributed by atoms with van der Waals surface area (Å²) in [5.74, 6) is -1.13. The average molecular weight is 406 g/mol. The highest BCUT2D eigenvalue weighted by Gasteiger charge is 2.26. The second-order valence-corrected chi connectivity index (χ2v) is 8.30. The van der Waals surface area contributed by atoms with Gasteiger partial charge < -0.3 is 5.11 Å². The van der Waals surface area contributed by atoms with Gasteiger partial charge in [0.1, 0.15) is 0 Å². The molecule has 0 aliphatic heterocycles. The molecule has 0 aliphatic carbocycles. The molecule has 6 nitrogen and oxygen atoms in total.